The third-order valence-corrected chi connectivity index (χ3v) is 2.53. The van der Waals surface area contributed by atoms with Crippen LogP contribution in [0.1, 0.15) is 25.1 Å². The Morgan fingerprint density at radius 1 is 1.15 bits per heavy atom. The van der Waals surface area contributed by atoms with E-state index >= 15 is 0 Å². The SMILES string of the molecule is CC(C)Oc1ccc(OCc2ccccc2)c(C#N)n1. The zero-order valence-corrected chi connectivity index (χ0v) is 11.5. The fraction of sp³-hybridized carbons (Fsp3) is 0.250. The van der Waals surface area contributed by atoms with Gasteiger partial charge in [-0.25, -0.2) is 0 Å². The first-order valence-electron chi connectivity index (χ1n) is 6.43. The summed E-state index contributed by atoms with van der Waals surface area (Å²) in [5.41, 5.74) is 1.28. The molecule has 1 aromatic carbocycles. The number of nitrogens with zero attached hydrogens (tertiary/aromatic N) is 2. The van der Waals surface area contributed by atoms with Gasteiger partial charge in [0.25, 0.3) is 0 Å². The van der Waals surface area contributed by atoms with Crippen LogP contribution in [0.5, 0.6) is 11.6 Å². The van der Waals surface area contributed by atoms with Crippen LogP contribution in [0.2, 0.25) is 0 Å². The summed E-state index contributed by atoms with van der Waals surface area (Å²) in [6.45, 7) is 4.22. The highest BCUT2D eigenvalue weighted by atomic mass is 16.5. The lowest BCUT2D eigenvalue weighted by Gasteiger charge is -2.11. The summed E-state index contributed by atoms with van der Waals surface area (Å²) in [5.74, 6) is 0.899. The van der Waals surface area contributed by atoms with Crippen LogP contribution in [0.3, 0.4) is 0 Å². The maximum atomic E-state index is 9.13. The van der Waals surface area contributed by atoms with Crippen molar-refractivity contribution in [1.82, 2.24) is 4.98 Å². The van der Waals surface area contributed by atoms with E-state index in [1.807, 2.05) is 50.2 Å². The zero-order valence-electron chi connectivity index (χ0n) is 11.5. The molecular weight excluding hydrogens is 252 g/mol. The van der Waals surface area contributed by atoms with Gasteiger partial charge in [-0.3, -0.25) is 0 Å². The Morgan fingerprint density at radius 2 is 1.90 bits per heavy atom. The van der Waals surface area contributed by atoms with Gasteiger partial charge in [0.05, 0.1) is 6.10 Å². The molecule has 4 nitrogen and oxygen atoms in total. The monoisotopic (exact) mass is 268 g/mol. The molecule has 0 aliphatic carbocycles. The molecule has 20 heavy (non-hydrogen) atoms. The molecule has 0 radical (unpaired) electrons. The Kier molecular flexibility index (Phi) is 4.56. The lowest BCUT2D eigenvalue weighted by molar-refractivity contribution is 0.231. The van der Waals surface area contributed by atoms with Gasteiger partial charge in [0, 0.05) is 6.07 Å². The van der Waals surface area contributed by atoms with E-state index in [1.54, 1.807) is 12.1 Å². The molecule has 0 fully saturated rings. The summed E-state index contributed by atoms with van der Waals surface area (Å²) in [4.78, 5) is 4.14. The molecule has 0 atom stereocenters. The molecule has 1 heterocycles. The fourth-order valence-electron chi connectivity index (χ4n) is 1.67. The number of hydrogen-bond donors (Lipinski definition) is 0. The highest BCUT2D eigenvalue weighted by Gasteiger charge is 2.08. The summed E-state index contributed by atoms with van der Waals surface area (Å²) in [7, 11) is 0. The minimum Gasteiger partial charge on any atom is -0.486 e. The summed E-state index contributed by atoms with van der Waals surface area (Å²) < 4.78 is 11.1. The Morgan fingerprint density at radius 3 is 2.55 bits per heavy atom. The van der Waals surface area contributed by atoms with Gasteiger partial charge in [0.2, 0.25) is 5.88 Å². The van der Waals surface area contributed by atoms with Crippen LogP contribution in [-0.4, -0.2) is 11.1 Å². The van der Waals surface area contributed by atoms with Crippen molar-refractivity contribution in [2.24, 2.45) is 0 Å². The number of benzene rings is 1. The summed E-state index contributed by atoms with van der Waals surface area (Å²) >= 11 is 0. The third-order valence-electron chi connectivity index (χ3n) is 2.53. The highest BCUT2D eigenvalue weighted by Crippen LogP contribution is 2.21. The quantitative estimate of drug-likeness (QED) is 0.834. The number of hydrogen-bond acceptors (Lipinski definition) is 4. The predicted molar refractivity (Wildman–Crippen MR) is 75.5 cm³/mol. The molecule has 0 aliphatic heterocycles. The number of nitriles is 1. The Labute approximate surface area is 118 Å². The molecule has 2 rings (SSSR count). The van der Waals surface area contributed by atoms with Crippen LogP contribution in [-0.2, 0) is 6.61 Å². The van der Waals surface area contributed by atoms with Crippen molar-refractivity contribution in [2.45, 2.75) is 26.6 Å². The van der Waals surface area contributed by atoms with E-state index in [-0.39, 0.29) is 11.8 Å². The average Bonchev–Trinajstić information content (AvgIpc) is 2.46. The number of ether oxygens (including phenoxy) is 2. The minimum absolute atomic E-state index is 0.0186. The van der Waals surface area contributed by atoms with Crippen molar-refractivity contribution in [3.63, 3.8) is 0 Å². The summed E-state index contributed by atoms with van der Waals surface area (Å²) in [6, 6.07) is 15.2. The lowest BCUT2D eigenvalue weighted by Crippen LogP contribution is -2.08. The predicted octanol–water partition coefficient (Wildman–Crippen LogP) is 3.32. The van der Waals surface area contributed by atoms with Crippen LogP contribution in [0.25, 0.3) is 0 Å². The van der Waals surface area contributed by atoms with Crippen LogP contribution >= 0.6 is 0 Å². The number of pyridine rings is 1. The van der Waals surface area contributed by atoms with E-state index in [4.69, 9.17) is 14.7 Å². The molecule has 0 spiro atoms. The fourth-order valence-corrected chi connectivity index (χ4v) is 1.67. The highest BCUT2D eigenvalue weighted by molar-refractivity contribution is 5.39. The molecule has 102 valence electrons. The van der Waals surface area contributed by atoms with Crippen molar-refractivity contribution < 1.29 is 9.47 Å². The van der Waals surface area contributed by atoms with Gasteiger partial charge in [0.1, 0.15) is 12.7 Å². The summed E-state index contributed by atoms with van der Waals surface area (Å²) in [5, 5.41) is 9.13. The molecule has 0 amide bonds. The maximum absolute atomic E-state index is 9.13. The topological polar surface area (TPSA) is 55.1 Å². The van der Waals surface area contributed by atoms with E-state index in [1.165, 1.54) is 0 Å². The first-order chi connectivity index (χ1) is 9.69. The Hall–Kier alpha value is -2.54. The van der Waals surface area contributed by atoms with Gasteiger partial charge in [-0.05, 0) is 25.5 Å². The third kappa shape index (κ3) is 3.72. The summed E-state index contributed by atoms with van der Waals surface area (Å²) in [6.07, 6.45) is 0.0186. The number of rotatable bonds is 5. The molecule has 0 saturated carbocycles. The molecule has 1 aromatic heterocycles. The molecule has 0 N–H and O–H groups in total. The first-order valence-corrected chi connectivity index (χ1v) is 6.43. The van der Waals surface area contributed by atoms with E-state index in [0.717, 1.165) is 5.56 Å². The van der Waals surface area contributed by atoms with Crippen molar-refractivity contribution in [2.75, 3.05) is 0 Å². The first kappa shape index (κ1) is 13.9. The largest absolute Gasteiger partial charge is 0.486 e. The van der Waals surface area contributed by atoms with Gasteiger partial charge in [-0.1, -0.05) is 30.3 Å². The second-order valence-electron chi connectivity index (χ2n) is 4.55. The molecule has 0 unspecified atom stereocenters. The second kappa shape index (κ2) is 6.58. The van der Waals surface area contributed by atoms with E-state index in [9.17, 15) is 0 Å². The van der Waals surface area contributed by atoms with Crippen LogP contribution < -0.4 is 9.47 Å². The molecule has 2 aromatic rings. The standard InChI is InChI=1S/C16H16N2O2/c1-12(2)20-16-9-8-15(14(10-17)18-16)19-11-13-6-4-3-5-7-13/h3-9,12H,11H2,1-2H3. The van der Waals surface area contributed by atoms with E-state index < -0.39 is 0 Å². The molecule has 0 aliphatic rings. The maximum Gasteiger partial charge on any atom is 0.214 e. The van der Waals surface area contributed by atoms with E-state index in [2.05, 4.69) is 4.98 Å². The van der Waals surface area contributed by atoms with Gasteiger partial charge in [-0.15, -0.1) is 0 Å². The zero-order chi connectivity index (χ0) is 14.4. The van der Waals surface area contributed by atoms with Gasteiger partial charge in [-0.2, -0.15) is 10.2 Å². The molecule has 0 saturated heterocycles. The van der Waals surface area contributed by atoms with Crippen LogP contribution in [0.4, 0.5) is 0 Å². The van der Waals surface area contributed by atoms with E-state index in [0.29, 0.717) is 18.2 Å². The lowest BCUT2D eigenvalue weighted by atomic mass is 10.2. The van der Waals surface area contributed by atoms with Crippen molar-refractivity contribution in [3.8, 4) is 17.7 Å². The van der Waals surface area contributed by atoms with Crippen LogP contribution in [0.15, 0.2) is 42.5 Å². The van der Waals surface area contributed by atoms with Gasteiger partial charge >= 0.3 is 0 Å². The van der Waals surface area contributed by atoms with Gasteiger partial charge < -0.3 is 9.47 Å². The van der Waals surface area contributed by atoms with Crippen molar-refractivity contribution >= 4 is 0 Å². The minimum atomic E-state index is 0.0186. The normalized spacial score (nSPS) is 10.1. The molecular formula is C16H16N2O2. The second-order valence-corrected chi connectivity index (χ2v) is 4.55. The number of aromatic nitrogens is 1. The Balaban J connectivity index is 2.10. The van der Waals surface area contributed by atoms with Crippen molar-refractivity contribution in [1.29, 1.82) is 5.26 Å². The smallest absolute Gasteiger partial charge is 0.214 e. The van der Waals surface area contributed by atoms with Gasteiger partial charge in [0.15, 0.2) is 11.4 Å². The molecule has 4 heteroatoms. The molecule has 0 bridgehead atoms. The Bertz CT molecular complexity index is 604. The average molecular weight is 268 g/mol. The van der Waals surface area contributed by atoms with Crippen LogP contribution in [0, 0.1) is 11.3 Å². The van der Waals surface area contributed by atoms with Crippen molar-refractivity contribution in [3.05, 3.63) is 53.7 Å².